The third kappa shape index (κ3) is 12.5. The Kier molecular flexibility index (Phi) is 11.5. The Bertz CT molecular complexity index is 160. The van der Waals surface area contributed by atoms with Crippen molar-refractivity contribution >= 4 is 11.8 Å². The smallest absolute Gasteiger partial charge is 0.0487 e. The molecule has 17 heavy (non-hydrogen) atoms. The van der Waals surface area contributed by atoms with Crippen LogP contribution in [0.2, 0.25) is 0 Å². The van der Waals surface area contributed by atoms with Gasteiger partial charge in [0, 0.05) is 24.6 Å². The standard InChI is InChI=1S/C14H30O2S/c1-4-5-6-9-14(2,3)17-13-8-12-16-11-7-10-15/h15H,4-13H2,1-3H3. The molecule has 0 bridgehead atoms. The highest BCUT2D eigenvalue weighted by Gasteiger charge is 2.16. The van der Waals surface area contributed by atoms with Gasteiger partial charge in [0.25, 0.3) is 0 Å². The maximum absolute atomic E-state index is 8.59. The molecule has 0 amide bonds. The Morgan fingerprint density at radius 1 is 1.06 bits per heavy atom. The van der Waals surface area contributed by atoms with Crippen molar-refractivity contribution in [3.63, 3.8) is 0 Å². The minimum absolute atomic E-state index is 0.235. The van der Waals surface area contributed by atoms with E-state index in [1.54, 1.807) is 0 Å². The van der Waals surface area contributed by atoms with Crippen LogP contribution < -0.4 is 0 Å². The van der Waals surface area contributed by atoms with Crippen molar-refractivity contribution in [2.45, 2.75) is 64.0 Å². The molecule has 3 heteroatoms. The molecule has 0 aliphatic rings. The van der Waals surface area contributed by atoms with Crippen LogP contribution in [0.3, 0.4) is 0 Å². The van der Waals surface area contributed by atoms with E-state index in [9.17, 15) is 0 Å². The normalized spacial score (nSPS) is 12.0. The van der Waals surface area contributed by atoms with Crippen LogP contribution in [0, 0.1) is 0 Å². The molecular formula is C14H30O2S. The highest BCUT2D eigenvalue weighted by Crippen LogP contribution is 2.30. The number of rotatable bonds is 12. The molecular weight excluding hydrogens is 232 g/mol. The van der Waals surface area contributed by atoms with Crippen molar-refractivity contribution in [3.05, 3.63) is 0 Å². The van der Waals surface area contributed by atoms with Crippen molar-refractivity contribution in [2.75, 3.05) is 25.6 Å². The Labute approximate surface area is 112 Å². The molecule has 0 aliphatic heterocycles. The van der Waals surface area contributed by atoms with Gasteiger partial charge in [-0.05, 0) is 25.0 Å². The summed E-state index contributed by atoms with van der Waals surface area (Å²) in [4.78, 5) is 0. The van der Waals surface area contributed by atoms with Crippen molar-refractivity contribution in [2.24, 2.45) is 0 Å². The molecule has 0 saturated carbocycles. The van der Waals surface area contributed by atoms with E-state index in [4.69, 9.17) is 9.84 Å². The zero-order chi connectivity index (χ0) is 13.0. The minimum Gasteiger partial charge on any atom is -0.396 e. The lowest BCUT2D eigenvalue weighted by Crippen LogP contribution is -2.15. The van der Waals surface area contributed by atoms with Gasteiger partial charge in [0.1, 0.15) is 0 Å². The van der Waals surface area contributed by atoms with Crippen LogP contribution in [0.1, 0.15) is 59.3 Å². The number of unbranched alkanes of at least 4 members (excludes halogenated alkanes) is 2. The van der Waals surface area contributed by atoms with E-state index in [1.807, 2.05) is 0 Å². The van der Waals surface area contributed by atoms with Gasteiger partial charge in [0.15, 0.2) is 0 Å². The summed E-state index contributed by atoms with van der Waals surface area (Å²) in [5.74, 6) is 1.18. The predicted molar refractivity (Wildman–Crippen MR) is 77.8 cm³/mol. The Balaban J connectivity index is 3.32. The van der Waals surface area contributed by atoms with Gasteiger partial charge in [-0.3, -0.25) is 0 Å². The average molecular weight is 262 g/mol. The predicted octanol–water partition coefficient (Wildman–Crippen LogP) is 3.87. The summed E-state index contributed by atoms with van der Waals surface area (Å²) in [7, 11) is 0. The number of hydrogen-bond acceptors (Lipinski definition) is 3. The van der Waals surface area contributed by atoms with Crippen molar-refractivity contribution in [1.29, 1.82) is 0 Å². The molecule has 0 aliphatic carbocycles. The first-order valence-corrected chi connectivity index (χ1v) is 7.93. The third-order valence-corrected chi connectivity index (χ3v) is 4.23. The zero-order valence-corrected chi connectivity index (χ0v) is 12.7. The van der Waals surface area contributed by atoms with Crippen LogP contribution in [-0.2, 0) is 4.74 Å². The van der Waals surface area contributed by atoms with Gasteiger partial charge in [-0.2, -0.15) is 11.8 Å². The zero-order valence-electron chi connectivity index (χ0n) is 11.8. The van der Waals surface area contributed by atoms with Crippen LogP contribution >= 0.6 is 11.8 Å². The Hall–Kier alpha value is 0.270. The summed E-state index contributed by atoms with van der Waals surface area (Å²) < 4.78 is 5.83. The summed E-state index contributed by atoms with van der Waals surface area (Å²) in [6.07, 6.45) is 7.21. The fraction of sp³-hybridized carbons (Fsp3) is 1.00. The largest absolute Gasteiger partial charge is 0.396 e. The molecule has 0 fully saturated rings. The van der Waals surface area contributed by atoms with E-state index in [-0.39, 0.29) is 6.61 Å². The molecule has 0 radical (unpaired) electrons. The summed E-state index contributed by atoms with van der Waals surface area (Å²) in [6.45, 7) is 8.71. The molecule has 2 nitrogen and oxygen atoms in total. The number of ether oxygens (including phenoxy) is 1. The summed E-state index contributed by atoms with van der Waals surface area (Å²) >= 11 is 2.06. The number of aliphatic hydroxyl groups is 1. The first-order valence-electron chi connectivity index (χ1n) is 6.95. The van der Waals surface area contributed by atoms with E-state index in [2.05, 4.69) is 32.5 Å². The second-order valence-electron chi connectivity index (χ2n) is 5.11. The topological polar surface area (TPSA) is 29.5 Å². The molecule has 0 spiro atoms. The molecule has 0 aromatic carbocycles. The van der Waals surface area contributed by atoms with Crippen LogP contribution in [0.25, 0.3) is 0 Å². The van der Waals surface area contributed by atoms with Gasteiger partial charge in [-0.1, -0.05) is 40.0 Å². The number of thioether (sulfide) groups is 1. The molecule has 0 aromatic rings. The van der Waals surface area contributed by atoms with Gasteiger partial charge in [0.05, 0.1) is 0 Å². The molecule has 104 valence electrons. The summed E-state index contributed by atoms with van der Waals surface area (Å²) in [5, 5.41) is 8.59. The molecule has 0 saturated heterocycles. The Morgan fingerprint density at radius 2 is 1.76 bits per heavy atom. The van der Waals surface area contributed by atoms with Gasteiger partial charge < -0.3 is 9.84 Å². The maximum Gasteiger partial charge on any atom is 0.0487 e. The monoisotopic (exact) mass is 262 g/mol. The molecule has 0 heterocycles. The number of aliphatic hydroxyl groups excluding tert-OH is 1. The van der Waals surface area contributed by atoms with E-state index >= 15 is 0 Å². The molecule has 0 unspecified atom stereocenters. The molecule has 0 rings (SSSR count). The van der Waals surface area contributed by atoms with Crippen LogP contribution in [0.5, 0.6) is 0 Å². The van der Waals surface area contributed by atoms with E-state index in [0.717, 1.165) is 19.4 Å². The summed E-state index contributed by atoms with van der Waals surface area (Å²) in [6, 6.07) is 0. The second-order valence-corrected chi connectivity index (χ2v) is 6.91. The lowest BCUT2D eigenvalue weighted by molar-refractivity contribution is 0.117. The lowest BCUT2D eigenvalue weighted by atomic mass is 10.0. The van der Waals surface area contributed by atoms with Crippen molar-refractivity contribution in [1.82, 2.24) is 0 Å². The minimum atomic E-state index is 0.235. The van der Waals surface area contributed by atoms with Gasteiger partial charge in [-0.15, -0.1) is 0 Å². The first kappa shape index (κ1) is 17.3. The highest BCUT2D eigenvalue weighted by atomic mass is 32.2. The van der Waals surface area contributed by atoms with E-state index < -0.39 is 0 Å². The van der Waals surface area contributed by atoms with Gasteiger partial charge >= 0.3 is 0 Å². The van der Waals surface area contributed by atoms with Crippen LogP contribution in [0.4, 0.5) is 0 Å². The lowest BCUT2D eigenvalue weighted by Gasteiger charge is -2.24. The van der Waals surface area contributed by atoms with Gasteiger partial charge in [0.2, 0.25) is 0 Å². The van der Waals surface area contributed by atoms with Crippen molar-refractivity contribution in [3.8, 4) is 0 Å². The molecule has 0 atom stereocenters. The fourth-order valence-corrected chi connectivity index (χ4v) is 2.75. The van der Waals surface area contributed by atoms with E-state index in [1.165, 1.54) is 31.4 Å². The third-order valence-electron chi connectivity index (χ3n) is 2.75. The molecule has 0 aromatic heterocycles. The average Bonchev–Trinajstić information content (AvgIpc) is 2.28. The quantitative estimate of drug-likeness (QED) is 0.541. The highest BCUT2D eigenvalue weighted by molar-refractivity contribution is 8.00. The first-order chi connectivity index (χ1) is 8.12. The second kappa shape index (κ2) is 11.4. The van der Waals surface area contributed by atoms with Crippen LogP contribution in [0.15, 0.2) is 0 Å². The van der Waals surface area contributed by atoms with Crippen molar-refractivity contribution < 1.29 is 9.84 Å². The Morgan fingerprint density at radius 3 is 2.41 bits per heavy atom. The fourth-order valence-electron chi connectivity index (χ4n) is 1.65. The SMILES string of the molecule is CCCCCC(C)(C)SCCCOCCCO. The van der Waals surface area contributed by atoms with E-state index in [0.29, 0.717) is 11.4 Å². The van der Waals surface area contributed by atoms with Crippen LogP contribution in [-0.4, -0.2) is 35.4 Å². The number of hydrogen-bond donors (Lipinski definition) is 1. The molecule has 1 N–H and O–H groups in total. The summed E-state index contributed by atoms with van der Waals surface area (Å²) in [5.41, 5.74) is 0. The maximum atomic E-state index is 8.59. The van der Waals surface area contributed by atoms with Gasteiger partial charge in [-0.25, -0.2) is 0 Å².